The molecule has 0 saturated carbocycles. The summed E-state index contributed by atoms with van der Waals surface area (Å²) in [5, 5.41) is 1.88. The van der Waals surface area contributed by atoms with Crippen molar-refractivity contribution in [3.05, 3.63) is 33.3 Å². The molecular weight excluding hydrogens is 242 g/mol. The zero-order valence-electron chi connectivity index (χ0n) is 7.97. The molecule has 0 bridgehead atoms. The van der Waals surface area contributed by atoms with E-state index in [0.29, 0.717) is 0 Å². The molecule has 80 valence electrons. The Morgan fingerprint density at radius 2 is 0.800 bits per heavy atom. The summed E-state index contributed by atoms with van der Waals surface area (Å²) in [7, 11) is 3.94. The Morgan fingerprint density at radius 1 is 0.733 bits per heavy atom. The molecule has 0 aromatic heterocycles. The molecule has 15 heavy (non-hydrogen) atoms. The van der Waals surface area contributed by atoms with Crippen LogP contribution in [0, 0.1) is 33.3 Å². The molecule has 0 aromatic carbocycles. The normalized spacial score (nSPS) is 3.53. The second-order valence-electron chi connectivity index (χ2n) is 1.07. The Hall–Kier alpha value is -0.938. The summed E-state index contributed by atoms with van der Waals surface area (Å²) in [6.07, 6.45) is 0. The van der Waals surface area contributed by atoms with Gasteiger partial charge in [-0.1, -0.05) is 0 Å². The molecule has 0 N–H and O–H groups in total. The van der Waals surface area contributed by atoms with Crippen molar-refractivity contribution in [3.63, 3.8) is 0 Å². The fourth-order valence-corrected chi connectivity index (χ4v) is 0. The van der Waals surface area contributed by atoms with Gasteiger partial charge in [0.05, 0.1) is 0 Å². The Labute approximate surface area is 96.8 Å². The standard InChI is InChI=1S/C3H7N.5CO.Cr/c1-4(2)3;5*1-2;/h1H,2-3H3;;;;;;. The first-order chi connectivity index (χ1) is 7.27. The van der Waals surface area contributed by atoms with Crippen LogP contribution in [-0.4, -0.2) is 24.0 Å². The van der Waals surface area contributed by atoms with Crippen molar-refractivity contribution in [1.29, 1.82) is 0 Å². The fourth-order valence-electron chi connectivity index (χ4n) is 0. The van der Waals surface area contributed by atoms with E-state index in [1.54, 1.807) is 0 Å². The molecule has 0 aromatic rings. The van der Waals surface area contributed by atoms with E-state index in [9.17, 15) is 0 Å². The van der Waals surface area contributed by atoms with Gasteiger partial charge in [-0.15, -0.1) is 0 Å². The van der Waals surface area contributed by atoms with Gasteiger partial charge in [-0.25, -0.2) is 0 Å². The summed E-state index contributed by atoms with van der Waals surface area (Å²) in [6.45, 7) is 22.5. The van der Waals surface area contributed by atoms with Crippen molar-refractivity contribution < 1.29 is 39.1 Å². The van der Waals surface area contributed by atoms with Gasteiger partial charge < -0.3 is 0 Å². The summed E-state index contributed by atoms with van der Waals surface area (Å²) in [4.78, 5) is 1.94. The van der Waals surface area contributed by atoms with E-state index in [4.69, 9.17) is 23.3 Å². The molecule has 0 fully saturated rings. The Bertz CT molecular complexity index is 145. The summed E-state index contributed by atoms with van der Waals surface area (Å²) < 4.78 is 37.5. The van der Waals surface area contributed by atoms with Gasteiger partial charge in [0.15, 0.2) is 0 Å². The topological polar surface area (TPSA) is 103 Å². The van der Waals surface area contributed by atoms with Crippen LogP contribution in [0.15, 0.2) is 0 Å². The van der Waals surface area contributed by atoms with Crippen LogP contribution in [0.5, 0.6) is 0 Å². The molecule has 0 aliphatic carbocycles. The van der Waals surface area contributed by atoms with Crippen LogP contribution in [-0.2, 0) is 39.1 Å². The van der Waals surface area contributed by atoms with Crippen molar-refractivity contribution in [2.45, 2.75) is 0 Å². The molecule has 6 nitrogen and oxygen atoms in total. The van der Waals surface area contributed by atoms with E-state index < -0.39 is 0 Å². The van der Waals surface area contributed by atoms with Crippen LogP contribution in [0.3, 0.4) is 0 Å². The van der Waals surface area contributed by atoms with Gasteiger partial charge in [0.2, 0.25) is 0 Å². The van der Waals surface area contributed by atoms with Gasteiger partial charge in [-0.3, -0.25) is 0 Å². The monoisotopic (exact) mass is 249 g/mol. The molecule has 0 radical (unpaired) electrons. The summed E-state index contributed by atoms with van der Waals surface area (Å²) in [5.74, 6) is 0. The second-order valence-corrected chi connectivity index (χ2v) is 1.40. The van der Waals surface area contributed by atoms with Crippen molar-refractivity contribution in [2.75, 3.05) is 14.1 Å². The predicted octanol–water partition coefficient (Wildman–Crippen LogP) is -0.333. The minimum atomic E-state index is 1.88. The molecule has 0 atom stereocenters. The third kappa shape index (κ3) is 1420. The summed E-state index contributed by atoms with van der Waals surface area (Å²) in [5.41, 5.74) is 0. The van der Waals surface area contributed by atoms with Crippen LogP contribution >= 0.6 is 0 Å². The number of hydrogen-bond acceptors (Lipinski definition) is 1. The third-order valence-electron chi connectivity index (χ3n) is 0.211. The van der Waals surface area contributed by atoms with Gasteiger partial charge in [0.1, 0.15) is 0 Å². The first-order valence-corrected chi connectivity index (χ1v) is 3.15. The van der Waals surface area contributed by atoms with Crippen LogP contribution in [0.1, 0.15) is 0 Å². The van der Waals surface area contributed by atoms with Crippen LogP contribution in [0.4, 0.5) is 0 Å². The van der Waals surface area contributed by atoms with Crippen molar-refractivity contribution in [3.8, 4) is 0 Å². The van der Waals surface area contributed by atoms with Gasteiger partial charge in [0.25, 0.3) is 0 Å². The molecule has 0 saturated heterocycles. The Balaban J connectivity index is -0.0000000177. The van der Waals surface area contributed by atoms with Crippen LogP contribution in [0.25, 0.3) is 0 Å². The van der Waals surface area contributed by atoms with Crippen LogP contribution < -0.4 is 0 Å². The maximum absolute atomic E-state index is 7.50. The molecule has 0 spiro atoms. The van der Waals surface area contributed by atoms with Gasteiger partial charge >= 0.3 is 96.4 Å². The summed E-state index contributed by atoms with van der Waals surface area (Å²) >= 11 is 2.74. The first kappa shape index (κ1) is 36.9. The maximum atomic E-state index is 7.50. The molecule has 0 rings (SSSR count). The average molecular weight is 249 g/mol. The number of nitrogens with zero attached hydrogens (tertiary/aromatic N) is 1. The molecule has 0 unspecified atom stereocenters. The molecule has 0 aliphatic heterocycles. The molecule has 0 heterocycles. The predicted molar refractivity (Wildman–Crippen MR) is 39.4 cm³/mol. The molecule has 0 aliphatic rings. The average Bonchev–Trinajstić information content (AvgIpc) is 2.41. The fraction of sp³-hybridized carbons (Fsp3) is 0.250. The van der Waals surface area contributed by atoms with Crippen molar-refractivity contribution in [1.82, 2.24) is 4.90 Å². The zero-order chi connectivity index (χ0) is 14.3. The van der Waals surface area contributed by atoms with E-state index in [1.165, 1.54) is 0 Å². The van der Waals surface area contributed by atoms with Crippen LogP contribution in [0.2, 0.25) is 0 Å². The zero-order valence-corrected chi connectivity index (χ0v) is 9.25. The van der Waals surface area contributed by atoms with E-state index in [1.807, 2.05) is 24.0 Å². The number of hydrogen-bond donors (Lipinski definition) is 0. The van der Waals surface area contributed by atoms with Crippen molar-refractivity contribution >= 4 is 5.01 Å². The second kappa shape index (κ2) is 203. The van der Waals surface area contributed by atoms with E-state index in [-0.39, 0.29) is 0 Å². The Morgan fingerprint density at radius 3 is 0.800 bits per heavy atom. The van der Waals surface area contributed by atoms with E-state index in [0.717, 1.165) is 0 Å². The SMILES string of the molecule is CN(C)[CH]=[Cr].[C-]#[O+].[C-]#[O+].[C-]#[O+].[C-]#[O+].[C-]#[O+]. The van der Waals surface area contributed by atoms with E-state index >= 15 is 0 Å². The van der Waals surface area contributed by atoms with Gasteiger partial charge in [-0.2, -0.15) is 0 Å². The quantitative estimate of drug-likeness (QED) is 0.460. The summed E-state index contributed by atoms with van der Waals surface area (Å²) in [6, 6.07) is 0. The molecule has 0 amide bonds. The van der Waals surface area contributed by atoms with E-state index in [2.05, 4.69) is 49.1 Å². The third-order valence-corrected chi connectivity index (χ3v) is 0.869. The van der Waals surface area contributed by atoms with Crippen molar-refractivity contribution in [2.24, 2.45) is 0 Å². The first-order valence-electron chi connectivity index (χ1n) is 2.41. The minimum absolute atomic E-state index is 1.88. The van der Waals surface area contributed by atoms with Gasteiger partial charge in [-0.05, 0) is 0 Å². The Kier molecular flexibility index (Phi) is 499. The number of rotatable bonds is 1. The van der Waals surface area contributed by atoms with Gasteiger partial charge in [0, 0.05) is 0 Å². The molecule has 7 heteroatoms. The molecular formula is C8H7CrNO5.